The lowest BCUT2D eigenvalue weighted by atomic mass is 10.1. The minimum atomic E-state index is -4.73. The molecule has 0 aliphatic carbocycles. The maximum absolute atomic E-state index is 12.5. The lowest BCUT2D eigenvalue weighted by Crippen LogP contribution is -2.42. The Labute approximate surface area is 150 Å². The van der Waals surface area contributed by atoms with Crippen molar-refractivity contribution < 1.29 is 37.0 Å². The highest BCUT2D eigenvalue weighted by molar-refractivity contribution is 6.34. The van der Waals surface area contributed by atoms with Crippen LogP contribution in [0.15, 0.2) is 28.8 Å². The number of nitrogens with one attached hydrogen (secondary N) is 1. The van der Waals surface area contributed by atoms with Gasteiger partial charge >= 0.3 is 23.9 Å². The Morgan fingerprint density at radius 1 is 1.26 bits per heavy atom. The van der Waals surface area contributed by atoms with Crippen LogP contribution in [0.2, 0.25) is 0 Å². The number of hydrogen-bond donors (Lipinski definition) is 1. The molecule has 12 heteroatoms. The molecule has 27 heavy (non-hydrogen) atoms. The molecule has 1 aromatic heterocycles. The number of halogens is 3. The second kappa shape index (κ2) is 8.60. The topological polar surface area (TPSA) is 107 Å². The van der Waals surface area contributed by atoms with Crippen LogP contribution in [0.4, 0.5) is 13.2 Å². The van der Waals surface area contributed by atoms with Gasteiger partial charge in [-0.25, -0.2) is 10.5 Å². The number of nitrogens with zero attached hydrogens (tertiary/aromatic N) is 3. The summed E-state index contributed by atoms with van der Waals surface area (Å²) < 4.78 is 41.6. The third kappa shape index (κ3) is 5.24. The fourth-order valence-corrected chi connectivity index (χ4v) is 1.89. The molecular formula is C15H15F3N4O5. The predicted octanol–water partition coefficient (Wildman–Crippen LogP) is 1.71. The third-order valence-corrected chi connectivity index (χ3v) is 3.16. The second-order valence-corrected chi connectivity index (χ2v) is 5.01. The molecular weight excluding hydrogens is 373 g/mol. The number of hydroxylamine groups is 3. The zero-order chi connectivity index (χ0) is 20.0. The van der Waals surface area contributed by atoms with Gasteiger partial charge in [0, 0.05) is 5.56 Å². The smallest absolute Gasteiger partial charge is 0.329 e. The van der Waals surface area contributed by atoms with E-state index in [1.807, 2.05) is 5.48 Å². The molecule has 2 aromatic rings. The normalized spacial score (nSPS) is 11.3. The average molecular weight is 388 g/mol. The Kier molecular flexibility index (Phi) is 6.47. The van der Waals surface area contributed by atoms with E-state index in [-0.39, 0.29) is 24.5 Å². The van der Waals surface area contributed by atoms with Crippen molar-refractivity contribution in [3.63, 3.8) is 0 Å². The molecule has 9 nitrogen and oxygen atoms in total. The lowest BCUT2D eigenvalue weighted by molar-refractivity contribution is -0.185. The first-order chi connectivity index (χ1) is 12.8. The number of carbonyl (C=O) groups is 2. The van der Waals surface area contributed by atoms with E-state index >= 15 is 0 Å². The summed E-state index contributed by atoms with van der Waals surface area (Å²) in [4.78, 5) is 36.3. The number of alkyl halides is 3. The summed E-state index contributed by atoms with van der Waals surface area (Å²) in [5.74, 6) is -3.67. The predicted molar refractivity (Wildman–Crippen MR) is 82.1 cm³/mol. The Hall–Kier alpha value is -2.99. The molecule has 1 aromatic carbocycles. The maximum Gasteiger partial charge on any atom is 0.471 e. The van der Waals surface area contributed by atoms with Gasteiger partial charge in [0.2, 0.25) is 5.82 Å². The van der Waals surface area contributed by atoms with Gasteiger partial charge in [-0.05, 0) is 12.5 Å². The summed E-state index contributed by atoms with van der Waals surface area (Å²) >= 11 is 0. The van der Waals surface area contributed by atoms with Crippen molar-refractivity contribution in [3.05, 3.63) is 35.7 Å². The quantitative estimate of drug-likeness (QED) is 0.593. The van der Waals surface area contributed by atoms with Crippen LogP contribution in [0, 0.1) is 0 Å². The zero-order valence-electron chi connectivity index (χ0n) is 14.2. The third-order valence-electron chi connectivity index (χ3n) is 3.16. The van der Waals surface area contributed by atoms with Gasteiger partial charge in [-0.2, -0.15) is 18.2 Å². The molecule has 0 bridgehead atoms. The van der Waals surface area contributed by atoms with E-state index in [9.17, 15) is 22.8 Å². The second-order valence-electron chi connectivity index (χ2n) is 5.01. The summed E-state index contributed by atoms with van der Waals surface area (Å²) in [6.07, 6.45) is -4.73. The number of amides is 2. The van der Waals surface area contributed by atoms with Crippen molar-refractivity contribution in [2.45, 2.75) is 19.6 Å². The molecule has 146 valence electrons. The molecule has 0 saturated heterocycles. The Morgan fingerprint density at radius 3 is 2.44 bits per heavy atom. The van der Waals surface area contributed by atoms with Crippen molar-refractivity contribution in [2.75, 3.05) is 13.7 Å². The summed E-state index contributed by atoms with van der Waals surface area (Å²) in [5, 5.41) is 4.07. The van der Waals surface area contributed by atoms with Crippen molar-refractivity contribution in [3.8, 4) is 11.4 Å². The molecule has 0 aliphatic heterocycles. The van der Waals surface area contributed by atoms with Gasteiger partial charge in [-0.1, -0.05) is 29.4 Å². The molecule has 2 rings (SSSR count). The fraction of sp³-hybridized carbons (Fsp3) is 0.333. The first-order valence-corrected chi connectivity index (χ1v) is 7.54. The van der Waals surface area contributed by atoms with Gasteiger partial charge < -0.3 is 4.52 Å². The number of benzene rings is 1. The summed E-state index contributed by atoms with van der Waals surface area (Å²) in [5.41, 5.74) is 2.77. The molecule has 1 N–H and O–H groups in total. The first kappa shape index (κ1) is 20.3. The van der Waals surface area contributed by atoms with Crippen molar-refractivity contribution in [2.24, 2.45) is 0 Å². The Balaban J connectivity index is 2.06. The van der Waals surface area contributed by atoms with Crippen LogP contribution in [-0.4, -0.2) is 40.7 Å². The van der Waals surface area contributed by atoms with Crippen LogP contribution in [0.3, 0.4) is 0 Å². The maximum atomic E-state index is 12.5. The minimum Gasteiger partial charge on any atom is -0.329 e. The minimum absolute atomic E-state index is 0.0881. The van der Waals surface area contributed by atoms with E-state index in [4.69, 9.17) is 4.84 Å². The highest BCUT2D eigenvalue weighted by Crippen LogP contribution is 2.29. The molecule has 0 saturated carbocycles. The molecule has 2 amide bonds. The number of hydrogen-bond acceptors (Lipinski definition) is 7. The van der Waals surface area contributed by atoms with Crippen molar-refractivity contribution >= 4 is 11.8 Å². The molecule has 0 radical (unpaired) electrons. The van der Waals surface area contributed by atoms with Gasteiger partial charge in [0.05, 0.1) is 20.3 Å². The SMILES string of the molecule is CCONC(=O)C(=O)N(Cc1ccc(-c2noc(C(F)(F)F)n2)cc1)OC. The molecule has 0 atom stereocenters. The highest BCUT2D eigenvalue weighted by Gasteiger charge is 2.38. The van der Waals surface area contributed by atoms with E-state index in [1.165, 1.54) is 31.4 Å². The molecule has 1 heterocycles. The van der Waals surface area contributed by atoms with Gasteiger partial charge in [0.1, 0.15) is 0 Å². The number of aromatic nitrogens is 2. The Morgan fingerprint density at radius 2 is 1.93 bits per heavy atom. The van der Waals surface area contributed by atoms with Crippen LogP contribution < -0.4 is 5.48 Å². The van der Waals surface area contributed by atoms with Crippen LogP contribution in [0.25, 0.3) is 11.4 Å². The summed E-state index contributed by atoms with van der Waals surface area (Å²) in [6.45, 7) is 1.72. The van der Waals surface area contributed by atoms with Gasteiger partial charge in [-0.15, -0.1) is 0 Å². The molecule has 0 aliphatic rings. The van der Waals surface area contributed by atoms with E-state index in [0.717, 1.165) is 5.06 Å². The Bertz CT molecular complexity index is 791. The lowest BCUT2D eigenvalue weighted by Gasteiger charge is -2.19. The summed E-state index contributed by atoms with van der Waals surface area (Å²) in [7, 11) is 1.21. The average Bonchev–Trinajstić information content (AvgIpc) is 3.14. The molecule has 0 spiro atoms. The number of carbonyl (C=O) groups excluding carboxylic acids is 2. The van der Waals surface area contributed by atoms with Gasteiger partial charge in [-0.3, -0.25) is 19.3 Å². The fourth-order valence-electron chi connectivity index (χ4n) is 1.89. The molecule has 0 unspecified atom stereocenters. The number of rotatable bonds is 6. The van der Waals surface area contributed by atoms with E-state index < -0.39 is 23.9 Å². The van der Waals surface area contributed by atoms with Crippen LogP contribution >= 0.6 is 0 Å². The summed E-state index contributed by atoms with van der Waals surface area (Å²) in [6, 6.07) is 5.91. The van der Waals surface area contributed by atoms with E-state index in [2.05, 4.69) is 19.5 Å². The zero-order valence-corrected chi connectivity index (χ0v) is 14.2. The monoisotopic (exact) mass is 388 g/mol. The van der Waals surface area contributed by atoms with Crippen LogP contribution in [0.1, 0.15) is 18.4 Å². The largest absolute Gasteiger partial charge is 0.471 e. The molecule has 0 fully saturated rings. The van der Waals surface area contributed by atoms with Crippen LogP contribution in [0.5, 0.6) is 0 Å². The van der Waals surface area contributed by atoms with Crippen LogP contribution in [-0.2, 0) is 32.0 Å². The van der Waals surface area contributed by atoms with Crippen molar-refractivity contribution in [1.29, 1.82) is 0 Å². The highest BCUT2D eigenvalue weighted by atomic mass is 19.4. The van der Waals surface area contributed by atoms with Gasteiger partial charge in [0.15, 0.2) is 0 Å². The van der Waals surface area contributed by atoms with Crippen molar-refractivity contribution in [1.82, 2.24) is 20.7 Å². The van der Waals surface area contributed by atoms with E-state index in [0.29, 0.717) is 5.56 Å². The standard InChI is InChI=1S/C15H15F3N4O5/c1-3-26-21-12(23)13(24)22(25-2)8-9-4-6-10(7-5-9)11-19-14(27-20-11)15(16,17)18/h4-7H,3,8H2,1-2H3,(H,21,23). The van der Waals surface area contributed by atoms with Gasteiger partial charge in [0.25, 0.3) is 0 Å². The van der Waals surface area contributed by atoms with E-state index in [1.54, 1.807) is 6.92 Å². The first-order valence-electron chi connectivity index (χ1n) is 7.54.